The monoisotopic (exact) mass is 437 g/mol. The minimum absolute atomic E-state index is 0.358. The molecule has 0 heterocycles. The summed E-state index contributed by atoms with van der Waals surface area (Å²) in [6.45, 7) is 6.82. The molecule has 166 valence electrons. The molecule has 1 atom stereocenters. The van der Waals surface area contributed by atoms with Gasteiger partial charge in [-0.25, -0.2) is 0 Å². The van der Waals surface area contributed by atoms with Gasteiger partial charge in [-0.1, -0.05) is 55.5 Å². The van der Waals surface area contributed by atoms with E-state index >= 15 is 0 Å². The second-order valence-electron chi connectivity index (χ2n) is 8.28. The van der Waals surface area contributed by atoms with Crippen molar-refractivity contribution in [2.45, 2.75) is 57.7 Å². The van der Waals surface area contributed by atoms with Crippen LogP contribution < -0.4 is 0 Å². The predicted molar refractivity (Wildman–Crippen MR) is 109 cm³/mol. The molecule has 2 aromatic rings. The summed E-state index contributed by atoms with van der Waals surface area (Å²) in [7, 11) is 0. The number of nitrogens with zero attached hydrogens (tertiary/aromatic N) is 1. The molecule has 4 nitrogen and oxygen atoms in total. The van der Waals surface area contributed by atoms with Gasteiger partial charge in [0, 0.05) is 6.42 Å². The van der Waals surface area contributed by atoms with Gasteiger partial charge < -0.3 is 5.11 Å². The number of nitro groups is 1. The van der Waals surface area contributed by atoms with Crippen molar-refractivity contribution in [3.63, 3.8) is 0 Å². The Bertz CT molecular complexity index is 1050. The van der Waals surface area contributed by atoms with E-state index in [-0.39, 0.29) is 5.56 Å². The molecule has 1 unspecified atom stereocenters. The van der Waals surface area contributed by atoms with Crippen LogP contribution >= 0.6 is 0 Å². The van der Waals surface area contributed by atoms with E-state index in [4.69, 9.17) is 0 Å². The minimum atomic E-state index is -5.00. The highest BCUT2D eigenvalue weighted by Gasteiger charge is 2.55. The number of aryl methyl sites for hydroxylation is 2. The molecular weight excluding hydrogens is 414 g/mol. The number of rotatable bonds is 5. The smallest absolute Gasteiger partial charge is 0.380 e. The maximum atomic E-state index is 13.8. The highest BCUT2D eigenvalue weighted by atomic mass is 19.4. The maximum absolute atomic E-state index is 13.8. The normalized spacial score (nSPS) is 13.8. The van der Waals surface area contributed by atoms with Gasteiger partial charge in [0.1, 0.15) is 5.56 Å². The largest absolute Gasteiger partial charge is 0.418 e. The van der Waals surface area contributed by atoms with Gasteiger partial charge in [0.25, 0.3) is 0 Å². The van der Waals surface area contributed by atoms with Crippen molar-refractivity contribution in [1.82, 2.24) is 0 Å². The molecule has 0 aromatic heterocycles. The Kier molecular flexibility index (Phi) is 6.81. The van der Waals surface area contributed by atoms with Gasteiger partial charge in [-0.3, -0.25) is 10.1 Å². The van der Waals surface area contributed by atoms with Gasteiger partial charge in [0.15, 0.2) is 5.60 Å². The summed E-state index contributed by atoms with van der Waals surface area (Å²) in [6.07, 6.45) is -6.68. The van der Waals surface area contributed by atoms with Gasteiger partial charge in [0.2, 0.25) is 5.82 Å². The number of alkyl halides is 3. The molecule has 0 saturated carbocycles. The first-order chi connectivity index (χ1) is 14.2. The average molecular weight is 437 g/mol. The molecule has 0 saturated heterocycles. The van der Waals surface area contributed by atoms with Crippen molar-refractivity contribution in [1.29, 1.82) is 0 Å². The molecule has 0 bridgehead atoms. The van der Waals surface area contributed by atoms with Crippen LogP contribution in [0.2, 0.25) is 0 Å². The van der Waals surface area contributed by atoms with Crippen LogP contribution in [-0.2, 0) is 5.41 Å². The SMILES string of the molecule is Cc1ccc(C)c(C(C)(C)CC(O)(CC#Cc2cccc(F)c2[N+](=O)[O-])C(F)(F)F)c1. The molecule has 2 aromatic carbocycles. The standard InChI is InChI=1S/C23H23F4NO3/c1-15-10-11-16(2)18(13-15)21(3,4)14-22(29,23(25,26)27)12-6-8-17-7-5-9-19(24)20(17)28(30)31/h5,7,9-11,13,29H,12,14H2,1-4H3. The molecule has 8 heteroatoms. The van der Waals surface area contributed by atoms with Crippen molar-refractivity contribution in [3.05, 3.63) is 74.6 Å². The summed E-state index contributed by atoms with van der Waals surface area (Å²) < 4.78 is 55.2. The van der Waals surface area contributed by atoms with E-state index in [0.717, 1.165) is 23.3 Å². The number of hydrogen-bond acceptors (Lipinski definition) is 3. The maximum Gasteiger partial charge on any atom is 0.418 e. The molecule has 0 aliphatic rings. The lowest BCUT2D eigenvalue weighted by molar-refractivity contribution is -0.387. The zero-order valence-corrected chi connectivity index (χ0v) is 17.6. The Labute approximate surface area is 178 Å². The first-order valence-corrected chi connectivity index (χ1v) is 9.46. The fraction of sp³-hybridized carbons (Fsp3) is 0.391. The van der Waals surface area contributed by atoms with Crippen LogP contribution in [0.25, 0.3) is 0 Å². The Morgan fingerprint density at radius 2 is 1.77 bits per heavy atom. The third kappa shape index (κ3) is 5.42. The van der Waals surface area contributed by atoms with E-state index in [1.165, 1.54) is 6.07 Å². The number of aliphatic hydroxyl groups is 1. The van der Waals surface area contributed by atoms with Crippen LogP contribution in [0, 0.1) is 41.6 Å². The minimum Gasteiger partial charge on any atom is -0.380 e. The van der Waals surface area contributed by atoms with Crippen LogP contribution in [-0.4, -0.2) is 21.8 Å². The van der Waals surface area contributed by atoms with E-state index in [0.29, 0.717) is 5.56 Å². The molecule has 0 aliphatic carbocycles. The number of para-hydroxylation sites is 1. The Morgan fingerprint density at radius 3 is 2.35 bits per heavy atom. The highest BCUT2D eigenvalue weighted by molar-refractivity contribution is 5.51. The summed E-state index contributed by atoms with van der Waals surface area (Å²) in [5.74, 6) is 3.26. The summed E-state index contributed by atoms with van der Waals surface area (Å²) in [5, 5.41) is 21.6. The second kappa shape index (κ2) is 8.67. The van der Waals surface area contributed by atoms with Gasteiger partial charge >= 0.3 is 11.9 Å². The van der Waals surface area contributed by atoms with Crippen molar-refractivity contribution in [2.75, 3.05) is 0 Å². The quantitative estimate of drug-likeness (QED) is 0.280. The van der Waals surface area contributed by atoms with Crippen molar-refractivity contribution < 1.29 is 27.6 Å². The third-order valence-corrected chi connectivity index (χ3v) is 5.16. The van der Waals surface area contributed by atoms with Gasteiger partial charge in [-0.2, -0.15) is 17.6 Å². The van der Waals surface area contributed by atoms with Crippen molar-refractivity contribution in [2.24, 2.45) is 0 Å². The van der Waals surface area contributed by atoms with E-state index in [9.17, 15) is 32.8 Å². The van der Waals surface area contributed by atoms with E-state index in [1.807, 2.05) is 19.1 Å². The number of nitro benzene ring substituents is 1. The van der Waals surface area contributed by atoms with Gasteiger partial charge in [0.05, 0.1) is 4.92 Å². The van der Waals surface area contributed by atoms with Crippen molar-refractivity contribution in [3.8, 4) is 11.8 Å². The lowest BCUT2D eigenvalue weighted by atomic mass is 9.72. The molecule has 0 spiro atoms. The van der Waals surface area contributed by atoms with Crippen LogP contribution in [0.15, 0.2) is 36.4 Å². The zero-order chi connectivity index (χ0) is 23.6. The van der Waals surface area contributed by atoms with E-state index in [2.05, 4.69) is 11.8 Å². The van der Waals surface area contributed by atoms with Crippen LogP contribution in [0.1, 0.15) is 48.9 Å². The molecular formula is C23H23F4NO3. The topological polar surface area (TPSA) is 63.4 Å². The fourth-order valence-electron chi connectivity index (χ4n) is 3.64. The lowest BCUT2D eigenvalue weighted by Crippen LogP contribution is -2.49. The molecule has 0 amide bonds. The number of hydrogen-bond donors (Lipinski definition) is 1. The Morgan fingerprint density at radius 1 is 1.13 bits per heavy atom. The van der Waals surface area contributed by atoms with Crippen LogP contribution in [0.4, 0.5) is 23.2 Å². The first kappa shape index (κ1) is 24.4. The second-order valence-corrected chi connectivity index (χ2v) is 8.28. The molecule has 1 N–H and O–H groups in total. The molecule has 0 fully saturated rings. The van der Waals surface area contributed by atoms with Crippen LogP contribution in [0.5, 0.6) is 0 Å². The molecule has 0 radical (unpaired) electrons. The van der Waals surface area contributed by atoms with E-state index < -0.39 is 46.5 Å². The summed E-state index contributed by atoms with van der Waals surface area (Å²) >= 11 is 0. The molecule has 2 rings (SSSR count). The lowest BCUT2D eigenvalue weighted by Gasteiger charge is -2.37. The first-order valence-electron chi connectivity index (χ1n) is 9.46. The summed E-state index contributed by atoms with van der Waals surface area (Å²) in [5.41, 5.74) is -3.15. The van der Waals surface area contributed by atoms with Crippen LogP contribution in [0.3, 0.4) is 0 Å². The Balaban J connectivity index is 2.42. The summed E-state index contributed by atoms with van der Waals surface area (Å²) in [6, 6.07) is 8.62. The fourth-order valence-corrected chi connectivity index (χ4v) is 3.64. The van der Waals surface area contributed by atoms with Gasteiger partial charge in [-0.15, -0.1) is 0 Å². The Hall–Kier alpha value is -2.92. The average Bonchev–Trinajstić information content (AvgIpc) is 2.62. The third-order valence-electron chi connectivity index (χ3n) is 5.16. The zero-order valence-electron chi connectivity index (χ0n) is 17.6. The highest BCUT2D eigenvalue weighted by Crippen LogP contribution is 2.43. The summed E-state index contributed by atoms with van der Waals surface area (Å²) in [4.78, 5) is 10.0. The van der Waals surface area contributed by atoms with E-state index in [1.54, 1.807) is 26.8 Å². The predicted octanol–water partition coefficient (Wildman–Crippen LogP) is 5.75. The van der Waals surface area contributed by atoms with Gasteiger partial charge in [-0.05, 0) is 48.9 Å². The molecule has 31 heavy (non-hydrogen) atoms. The van der Waals surface area contributed by atoms with Crippen molar-refractivity contribution >= 4 is 5.69 Å². The molecule has 0 aliphatic heterocycles. The number of halogens is 4. The number of benzene rings is 2.